The van der Waals surface area contributed by atoms with E-state index in [1.54, 1.807) is 0 Å². The van der Waals surface area contributed by atoms with Gasteiger partial charge >= 0.3 is 0 Å². The first kappa shape index (κ1) is 12.5. The number of hydrogen-bond acceptors (Lipinski definition) is 3. The number of nitriles is 1. The van der Waals surface area contributed by atoms with Crippen molar-refractivity contribution in [3.8, 4) is 6.07 Å². The summed E-state index contributed by atoms with van der Waals surface area (Å²) in [4.78, 5) is 22.8. The fourth-order valence-corrected chi connectivity index (χ4v) is 1.66. The highest BCUT2D eigenvalue weighted by atomic mass is 16.2. The first-order chi connectivity index (χ1) is 7.64. The van der Waals surface area contributed by atoms with Gasteiger partial charge in [0.2, 0.25) is 11.8 Å². The Morgan fingerprint density at radius 2 is 2.06 bits per heavy atom. The molecule has 0 heterocycles. The van der Waals surface area contributed by atoms with Crippen molar-refractivity contribution >= 4 is 11.8 Å². The Morgan fingerprint density at radius 3 is 2.50 bits per heavy atom. The van der Waals surface area contributed by atoms with Gasteiger partial charge in [-0.05, 0) is 26.2 Å². The standard InChI is InChI=1S/C11H17N3O2/c1-2-13-9(15)4-7-14-10(16)11(8-12)5-3-6-11/h2-7H2,1H3,(H,13,15)(H,14,16). The van der Waals surface area contributed by atoms with Gasteiger partial charge < -0.3 is 10.6 Å². The van der Waals surface area contributed by atoms with Crippen molar-refractivity contribution in [2.45, 2.75) is 32.6 Å². The minimum atomic E-state index is -0.818. The van der Waals surface area contributed by atoms with E-state index in [2.05, 4.69) is 16.7 Å². The van der Waals surface area contributed by atoms with Crippen LogP contribution in [0.2, 0.25) is 0 Å². The lowest BCUT2D eigenvalue weighted by Crippen LogP contribution is -2.45. The summed E-state index contributed by atoms with van der Waals surface area (Å²) in [5.74, 6) is -0.312. The van der Waals surface area contributed by atoms with Gasteiger partial charge in [-0.3, -0.25) is 9.59 Å². The molecule has 1 aliphatic rings. The molecule has 1 aliphatic carbocycles. The molecule has 0 aromatic carbocycles. The van der Waals surface area contributed by atoms with Gasteiger partial charge in [0.1, 0.15) is 5.41 Å². The molecule has 0 saturated heterocycles. The first-order valence-electron chi connectivity index (χ1n) is 5.61. The van der Waals surface area contributed by atoms with E-state index in [-0.39, 0.29) is 18.2 Å². The summed E-state index contributed by atoms with van der Waals surface area (Å²) in [6.45, 7) is 2.73. The van der Waals surface area contributed by atoms with Crippen LogP contribution in [0.15, 0.2) is 0 Å². The zero-order chi connectivity index (χ0) is 12.0. The summed E-state index contributed by atoms with van der Waals surface area (Å²) in [7, 11) is 0. The number of amides is 2. The lowest BCUT2D eigenvalue weighted by atomic mass is 9.69. The molecule has 1 fully saturated rings. The number of rotatable bonds is 5. The second kappa shape index (κ2) is 5.50. The fraction of sp³-hybridized carbons (Fsp3) is 0.727. The molecule has 0 bridgehead atoms. The summed E-state index contributed by atoms with van der Waals surface area (Å²) in [6, 6.07) is 2.07. The predicted octanol–water partition coefficient (Wildman–Crippen LogP) is 0.323. The molecule has 1 rings (SSSR count). The monoisotopic (exact) mass is 223 g/mol. The molecule has 0 aromatic rings. The average molecular weight is 223 g/mol. The molecule has 2 N–H and O–H groups in total. The molecule has 16 heavy (non-hydrogen) atoms. The summed E-state index contributed by atoms with van der Waals surface area (Å²) in [5.41, 5.74) is -0.818. The van der Waals surface area contributed by atoms with Crippen LogP contribution in [-0.2, 0) is 9.59 Å². The third-order valence-corrected chi connectivity index (χ3v) is 2.87. The molecule has 0 aliphatic heterocycles. The Hall–Kier alpha value is -1.57. The Kier molecular flexibility index (Phi) is 4.29. The second-order valence-electron chi connectivity index (χ2n) is 4.01. The average Bonchev–Trinajstić information content (AvgIpc) is 2.17. The highest BCUT2D eigenvalue weighted by molar-refractivity contribution is 5.86. The molecular weight excluding hydrogens is 206 g/mol. The molecule has 0 unspecified atom stereocenters. The van der Waals surface area contributed by atoms with Crippen LogP contribution in [0.25, 0.3) is 0 Å². The Bertz CT molecular complexity index is 316. The highest BCUT2D eigenvalue weighted by Gasteiger charge is 2.44. The molecule has 2 amide bonds. The fourth-order valence-electron chi connectivity index (χ4n) is 1.66. The molecule has 5 nitrogen and oxygen atoms in total. The van der Waals surface area contributed by atoms with Gasteiger partial charge in [0, 0.05) is 19.5 Å². The quantitative estimate of drug-likeness (QED) is 0.704. The van der Waals surface area contributed by atoms with Crippen LogP contribution in [0.5, 0.6) is 0 Å². The maximum Gasteiger partial charge on any atom is 0.240 e. The third-order valence-electron chi connectivity index (χ3n) is 2.87. The van der Waals surface area contributed by atoms with Crippen molar-refractivity contribution in [3.05, 3.63) is 0 Å². The van der Waals surface area contributed by atoms with Gasteiger partial charge in [0.25, 0.3) is 0 Å². The number of nitrogens with zero attached hydrogens (tertiary/aromatic N) is 1. The summed E-state index contributed by atoms with van der Waals surface area (Å²) >= 11 is 0. The number of nitrogens with one attached hydrogen (secondary N) is 2. The van der Waals surface area contributed by atoms with Crippen molar-refractivity contribution in [1.82, 2.24) is 10.6 Å². The van der Waals surface area contributed by atoms with Crippen LogP contribution in [0.1, 0.15) is 32.6 Å². The number of carbonyl (C=O) groups is 2. The lowest BCUT2D eigenvalue weighted by Gasteiger charge is -2.33. The molecule has 0 radical (unpaired) electrons. The SMILES string of the molecule is CCNC(=O)CCNC(=O)C1(C#N)CCC1. The predicted molar refractivity (Wildman–Crippen MR) is 58.2 cm³/mol. The second-order valence-corrected chi connectivity index (χ2v) is 4.01. The van der Waals surface area contributed by atoms with E-state index in [1.165, 1.54) is 0 Å². The van der Waals surface area contributed by atoms with E-state index in [0.717, 1.165) is 6.42 Å². The molecule has 0 aromatic heterocycles. The van der Waals surface area contributed by atoms with E-state index < -0.39 is 5.41 Å². The largest absolute Gasteiger partial charge is 0.356 e. The zero-order valence-corrected chi connectivity index (χ0v) is 9.51. The smallest absolute Gasteiger partial charge is 0.240 e. The lowest BCUT2D eigenvalue weighted by molar-refractivity contribution is -0.131. The van der Waals surface area contributed by atoms with Gasteiger partial charge in [0.05, 0.1) is 6.07 Å². The number of carbonyl (C=O) groups excluding carboxylic acids is 2. The summed E-state index contributed by atoms with van der Waals surface area (Å²) in [5, 5.41) is 14.2. The van der Waals surface area contributed by atoms with Crippen molar-refractivity contribution < 1.29 is 9.59 Å². The molecular formula is C11H17N3O2. The van der Waals surface area contributed by atoms with Crippen LogP contribution in [0.3, 0.4) is 0 Å². The van der Waals surface area contributed by atoms with Crippen LogP contribution in [-0.4, -0.2) is 24.9 Å². The minimum absolute atomic E-state index is 0.0811. The topological polar surface area (TPSA) is 82.0 Å². The Balaban J connectivity index is 2.26. The van der Waals surface area contributed by atoms with Crippen molar-refractivity contribution in [2.24, 2.45) is 5.41 Å². The molecule has 0 spiro atoms. The van der Waals surface area contributed by atoms with Gasteiger partial charge in [-0.1, -0.05) is 0 Å². The van der Waals surface area contributed by atoms with E-state index in [1.807, 2.05) is 6.92 Å². The minimum Gasteiger partial charge on any atom is -0.356 e. The Morgan fingerprint density at radius 1 is 1.38 bits per heavy atom. The summed E-state index contributed by atoms with van der Waals surface area (Å²) < 4.78 is 0. The van der Waals surface area contributed by atoms with Gasteiger partial charge in [-0.25, -0.2) is 0 Å². The van der Waals surface area contributed by atoms with Gasteiger partial charge in [-0.2, -0.15) is 5.26 Å². The maximum absolute atomic E-state index is 11.7. The van der Waals surface area contributed by atoms with E-state index in [4.69, 9.17) is 5.26 Å². The third kappa shape index (κ3) is 2.72. The maximum atomic E-state index is 11.7. The van der Waals surface area contributed by atoms with Gasteiger partial charge in [0.15, 0.2) is 0 Å². The Labute approximate surface area is 95.2 Å². The van der Waals surface area contributed by atoms with Crippen LogP contribution in [0.4, 0.5) is 0 Å². The van der Waals surface area contributed by atoms with Gasteiger partial charge in [-0.15, -0.1) is 0 Å². The van der Waals surface area contributed by atoms with E-state index in [9.17, 15) is 9.59 Å². The van der Waals surface area contributed by atoms with E-state index >= 15 is 0 Å². The number of hydrogen-bond donors (Lipinski definition) is 2. The van der Waals surface area contributed by atoms with Crippen molar-refractivity contribution in [3.63, 3.8) is 0 Å². The molecule has 88 valence electrons. The summed E-state index contributed by atoms with van der Waals surface area (Å²) in [6.07, 6.45) is 2.46. The van der Waals surface area contributed by atoms with Crippen LogP contribution >= 0.6 is 0 Å². The van der Waals surface area contributed by atoms with Crippen LogP contribution in [0, 0.1) is 16.7 Å². The molecule has 1 saturated carbocycles. The molecule has 0 atom stereocenters. The first-order valence-corrected chi connectivity index (χ1v) is 5.61. The zero-order valence-electron chi connectivity index (χ0n) is 9.51. The highest BCUT2D eigenvalue weighted by Crippen LogP contribution is 2.40. The van der Waals surface area contributed by atoms with Crippen LogP contribution < -0.4 is 10.6 Å². The van der Waals surface area contributed by atoms with E-state index in [0.29, 0.717) is 25.9 Å². The molecule has 5 heteroatoms. The van der Waals surface area contributed by atoms with Crippen molar-refractivity contribution in [1.29, 1.82) is 5.26 Å². The van der Waals surface area contributed by atoms with Crippen molar-refractivity contribution in [2.75, 3.05) is 13.1 Å². The normalized spacial score (nSPS) is 16.8.